The van der Waals surface area contributed by atoms with Crippen molar-refractivity contribution >= 4 is 27.5 Å². The van der Waals surface area contributed by atoms with Crippen molar-refractivity contribution < 1.29 is 22.7 Å². The fraction of sp³-hybridized carbons (Fsp3) is 0.355. The first-order valence-electron chi connectivity index (χ1n) is 13.5. The molecule has 9 heteroatoms. The van der Waals surface area contributed by atoms with Crippen LogP contribution in [0.2, 0.25) is 0 Å². The van der Waals surface area contributed by atoms with Gasteiger partial charge in [0.15, 0.2) is 0 Å². The van der Waals surface area contributed by atoms with Crippen LogP contribution in [0.5, 0.6) is 5.75 Å². The van der Waals surface area contributed by atoms with Crippen molar-refractivity contribution in [2.75, 3.05) is 18.0 Å². The molecule has 40 heavy (non-hydrogen) atoms. The second-order valence-corrected chi connectivity index (χ2v) is 11.6. The molecule has 214 valence electrons. The number of anilines is 1. The van der Waals surface area contributed by atoms with E-state index < -0.39 is 28.5 Å². The minimum Gasteiger partial charge on any atom is -0.497 e. The standard InChI is InChI=1S/C31H39N3O5S/c1-6-24(4)32-31(36)29(7-2)33(21-25-15-12-11-14-23(25)3)30(35)22-34(26-16-13-17-27(20-26)39-5)40(37,38)28-18-9-8-10-19-28/h8-20,24,29H,6-7,21-22H2,1-5H3,(H,32,36)/t24-,29-/m1/s1. The average Bonchev–Trinajstić information content (AvgIpc) is 2.96. The maximum atomic E-state index is 14.1. The Morgan fingerprint density at radius 2 is 1.60 bits per heavy atom. The van der Waals surface area contributed by atoms with E-state index in [0.29, 0.717) is 12.2 Å². The number of rotatable bonds is 13. The lowest BCUT2D eigenvalue weighted by Gasteiger charge is -2.34. The van der Waals surface area contributed by atoms with Crippen molar-refractivity contribution in [2.24, 2.45) is 0 Å². The van der Waals surface area contributed by atoms with E-state index in [2.05, 4.69) is 5.32 Å². The van der Waals surface area contributed by atoms with Crippen LogP contribution in [0.4, 0.5) is 5.69 Å². The zero-order chi connectivity index (χ0) is 29.3. The van der Waals surface area contributed by atoms with Crippen molar-refractivity contribution in [1.82, 2.24) is 10.2 Å². The van der Waals surface area contributed by atoms with E-state index in [0.717, 1.165) is 21.9 Å². The van der Waals surface area contributed by atoms with Crippen molar-refractivity contribution in [1.29, 1.82) is 0 Å². The Bertz CT molecular complexity index is 1390. The first kappa shape index (κ1) is 30.7. The number of nitrogens with zero attached hydrogens (tertiary/aromatic N) is 2. The van der Waals surface area contributed by atoms with Gasteiger partial charge in [-0.3, -0.25) is 13.9 Å². The maximum absolute atomic E-state index is 14.1. The van der Waals surface area contributed by atoms with Gasteiger partial charge in [0.1, 0.15) is 18.3 Å². The number of hydrogen-bond donors (Lipinski definition) is 1. The molecular formula is C31H39N3O5S. The van der Waals surface area contributed by atoms with E-state index >= 15 is 0 Å². The number of methoxy groups -OCH3 is 1. The van der Waals surface area contributed by atoms with Gasteiger partial charge in [-0.25, -0.2) is 8.42 Å². The van der Waals surface area contributed by atoms with Crippen LogP contribution in [0.15, 0.2) is 83.8 Å². The van der Waals surface area contributed by atoms with Gasteiger partial charge in [-0.05, 0) is 62.1 Å². The Labute approximate surface area is 238 Å². The van der Waals surface area contributed by atoms with Gasteiger partial charge in [0.25, 0.3) is 10.0 Å². The van der Waals surface area contributed by atoms with Gasteiger partial charge < -0.3 is 15.0 Å². The summed E-state index contributed by atoms with van der Waals surface area (Å²) in [5, 5.41) is 2.99. The maximum Gasteiger partial charge on any atom is 0.264 e. The Kier molecular flexibility index (Phi) is 10.7. The summed E-state index contributed by atoms with van der Waals surface area (Å²) in [7, 11) is -2.64. The summed E-state index contributed by atoms with van der Waals surface area (Å²) in [6, 6.07) is 21.4. The molecule has 0 aromatic heterocycles. The van der Waals surface area contributed by atoms with Crippen LogP contribution in [-0.4, -0.2) is 50.9 Å². The number of nitrogens with one attached hydrogen (secondary N) is 1. The first-order chi connectivity index (χ1) is 19.1. The van der Waals surface area contributed by atoms with Gasteiger partial charge in [-0.2, -0.15) is 0 Å². The lowest BCUT2D eigenvalue weighted by Crippen LogP contribution is -2.53. The van der Waals surface area contributed by atoms with Gasteiger partial charge in [-0.15, -0.1) is 0 Å². The highest BCUT2D eigenvalue weighted by Gasteiger charge is 2.34. The third-order valence-corrected chi connectivity index (χ3v) is 8.73. The molecule has 2 atom stereocenters. The highest BCUT2D eigenvalue weighted by Crippen LogP contribution is 2.28. The average molecular weight is 566 g/mol. The van der Waals surface area contributed by atoms with E-state index in [9.17, 15) is 18.0 Å². The highest BCUT2D eigenvalue weighted by atomic mass is 32.2. The summed E-state index contributed by atoms with van der Waals surface area (Å²) < 4.78 is 34.2. The fourth-order valence-electron chi connectivity index (χ4n) is 4.35. The second-order valence-electron chi connectivity index (χ2n) is 9.72. The summed E-state index contributed by atoms with van der Waals surface area (Å²) in [4.78, 5) is 29.1. The summed E-state index contributed by atoms with van der Waals surface area (Å²) >= 11 is 0. The van der Waals surface area contributed by atoms with Gasteiger partial charge >= 0.3 is 0 Å². The minimum atomic E-state index is -4.13. The normalized spacial score (nSPS) is 12.7. The zero-order valence-corrected chi connectivity index (χ0v) is 24.6. The van der Waals surface area contributed by atoms with Crippen molar-refractivity contribution in [3.05, 3.63) is 90.0 Å². The highest BCUT2D eigenvalue weighted by molar-refractivity contribution is 7.92. The topological polar surface area (TPSA) is 96.0 Å². The van der Waals surface area contributed by atoms with Crippen LogP contribution in [0.3, 0.4) is 0 Å². The van der Waals surface area contributed by atoms with Crippen molar-refractivity contribution in [3.63, 3.8) is 0 Å². The van der Waals surface area contributed by atoms with Crippen LogP contribution in [-0.2, 0) is 26.2 Å². The number of amides is 2. The van der Waals surface area contributed by atoms with E-state index in [1.54, 1.807) is 42.5 Å². The Balaban J connectivity index is 2.08. The molecule has 8 nitrogen and oxygen atoms in total. The molecule has 0 saturated carbocycles. The summed E-state index contributed by atoms with van der Waals surface area (Å²) in [6.07, 6.45) is 1.11. The van der Waals surface area contributed by atoms with E-state index in [1.165, 1.54) is 24.1 Å². The molecule has 0 saturated heterocycles. The van der Waals surface area contributed by atoms with Gasteiger partial charge in [0.05, 0.1) is 17.7 Å². The molecule has 0 aliphatic rings. The predicted molar refractivity (Wildman–Crippen MR) is 158 cm³/mol. The number of hydrogen-bond acceptors (Lipinski definition) is 5. The molecule has 3 rings (SSSR count). The smallest absolute Gasteiger partial charge is 0.264 e. The van der Waals surface area contributed by atoms with E-state index in [1.807, 2.05) is 52.0 Å². The molecule has 0 aliphatic heterocycles. The van der Waals surface area contributed by atoms with Gasteiger partial charge in [0.2, 0.25) is 11.8 Å². The Hall–Kier alpha value is -3.85. The van der Waals surface area contributed by atoms with E-state index in [4.69, 9.17) is 4.74 Å². The lowest BCUT2D eigenvalue weighted by atomic mass is 10.1. The minimum absolute atomic E-state index is 0.0534. The molecule has 1 N–H and O–H groups in total. The number of sulfonamides is 1. The number of benzene rings is 3. The molecule has 0 bridgehead atoms. The molecule has 3 aromatic rings. The van der Waals surface area contributed by atoms with Crippen molar-refractivity contribution in [3.8, 4) is 5.75 Å². The zero-order valence-electron chi connectivity index (χ0n) is 23.8. The van der Waals surface area contributed by atoms with Crippen LogP contribution < -0.4 is 14.4 Å². The summed E-state index contributed by atoms with van der Waals surface area (Å²) in [6.45, 7) is 7.34. The summed E-state index contributed by atoms with van der Waals surface area (Å²) in [5.74, 6) is -0.302. The number of aryl methyl sites for hydroxylation is 1. The first-order valence-corrected chi connectivity index (χ1v) is 14.9. The van der Waals surface area contributed by atoms with Crippen molar-refractivity contribution in [2.45, 2.75) is 64.1 Å². The molecule has 0 fully saturated rings. The van der Waals surface area contributed by atoms with Gasteiger partial charge in [0, 0.05) is 18.7 Å². The predicted octanol–water partition coefficient (Wildman–Crippen LogP) is 4.92. The summed E-state index contributed by atoms with van der Waals surface area (Å²) in [5.41, 5.74) is 2.13. The lowest BCUT2D eigenvalue weighted by molar-refractivity contribution is -0.140. The fourth-order valence-corrected chi connectivity index (χ4v) is 5.77. The number of ether oxygens (including phenoxy) is 1. The molecule has 2 amide bonds. The molecule has 0 unspecified atom stereocenters. The van der Waals surface area contributed by atoms with Crippen LogP contribution in [0.25, 0.3) is 0 Å². The van der Waals surface area contributed by atoms with Crippen LogP contribution in [0, 0.1) is 6.92 Å². The molecule has 0 aliphatic carbocycles. The Morgan fingerprint density at radius 3 is 2.23 bits per heavy atom. The van der Waals surface area contributed by atoms with Crippen LogP contribution >= 0.6 is 0 Å². The quantitative estimate of drug-likeness (QED) is 0.317. The Morgan fingerprint density at radius 1 is 0.925 bits per heavy atom. The second kappa shape index (κ2) is 14.0. The molecular weight excluding hydrogens is 526 g/mol. The third-order valence-electron chi connectivity index (χ3n) is 6.94. The number of carbonyl (C=O) groups excluding carboxylic acids is 2. The monoisotopic (exact) mass is 565 g/mol. The number of carbonyl (C=O) groups is 2. The SMILES string of the molecule is CC[C@@H](C)NC(=O)[C@@H](CC)N(Cc1ccccc1C)C(=O)CN(c1cccc(OC)c1)S(=O)(=O)c1ccccc1. The molecule has 3 aromatic carbocycles. The third kappa shape index (κ3) is 7.41. The van der Waals surface area contributed by atoms with E-state index in [-0.39, 0.29) is 29.1 Å². The molecule has 0 heterocycles. The van der Waals surface area contributed by atoms with Crippen LogP contribution in [0.1, 0.15) is 44.7 Å². The molecule has 0 radical (unpaired) electrons. The largest absolute Gasteiger partial charge is 0.497 e. The van der Waals surface area contributed by atoms with Gasteiger partial charge in [-0.1, -0.05) is 62.4 Å². The molecule has 0 spiro atoms.